The average Bonchev–Trinajstić information content (AvgIpc) is 2.55. The van der Waals surface area contributed by atoms with E-state index in [1.165, 1.54) is 6.07 Å². The second-order valence-electron chi connectivity index (χ2n) is 6.24. The van der Waals surface area contributed by atoms with Gasteiger partial charge in [-0.2, -0.15) is 0 Å². The summed E-state index contributed by atoms with van der Waals surface area (Å²) in [5.41, 5.74) is 2.15. The summed E-state index contributed by atoms with van der Waals surface area (Å²) in [5.74, 6) is -1.31. The van der Waals surface area contributed by atoms with E-state index in [9.17, 15) is 14.7 Å². The van der Waals surface area contributed by atoms with Crippen LogP contribution in [-0.4, -0.2) is 42.4 Å². The van der Waals surface area contributed by atoms with Crippen LogP contribution in [0.3, 0.4) is 0 Å². The molecule has 1 fully saturated rings. The molecule has 1 saturated heterocycles. The van der Waals surface area contributed by atoms with Gasteiger partial charge in [0.05, 0.1) is 18.3 Å². The van der Waals surface area contributed by atoms with Crippen LogP contribution in [0.5, 0.6) is 0 Å². The van der Waals surface area contributed by atoms with Gasteiger partial charge in [-0.15, -0.1) is 0 Å². The first-order chi connectivity index (χ1) is 11.4. The molecule has 6 heteroatoms. The van der Waals surface area contributed by atoms with E-state index in [4.69, 9.17) is 9.47 Å². The van der Waals surface area contributed by atoms with Crippen LogP contribution < -0.4 is 5.32 Å². The Morgan fingerprint density at radius 3 is 2.71 bits per heavy atom. The number of ether oxygens (including phenoxy) is 2. The molecule has 2 unspecified atom stereocenters. The first-order valence-corrected chi connectivity index (χ1v) is 8.27. The molecule has 2 N–H and O–H groups in total. The minimum absolute atomic E-state index is 0.0497. The fourth-order valence-electron chi connectivity index (χ4n) is 2.72. The fourth-order valence-corrected chi connectivity index (χ4v) is 2.72. The van der Waals surface area contributed by atoms with E-state index < -0.39 is 12.1 Å². The molecule has 1 aromatic carbocycles. The van der Waals surface area contributed by atoms with Crippen molar-refractivity contribution in [3.8, 4) is 0 Å². The van der Waals surface area contributed by atoms with E-state index >= 15 is 0 Å². The number of hydrogen-bond acceptors (Lipinski definition) is 4. The topological polar surface area (TPSA) is 84.9 Å². The molecule has 1 aliphatic rings. The molecule has 0 saturated carbocycles. The van der Waals surface area contributed by atoms with E-state index in [0.717, 1.165) is 31.4 Å². The number of aromatic carboxylic acids is 1. The van der Waals surface area contributed by atoms with Crippen LogP contribution in [0.4, 0.5) is 5.69 Å². The van der Waals surface area contributed by atoms with Crippen molar-refractivity contribution in [3.63, 3.8) is 0 Å². The van der Waals surface area contributed by atoms with Gasteiger partial charge in [-0.1, -0.05) is 6.07 Å². The van der Waals surface area contributed by atoms with Crippen molar-refractivity contribution in [2.75, 3.05) is 18.5 Å². The maximum absolute atomic E-state index is 12.3. The molecule has 0 radical (unpaired) electrons. The van der Waals surface area contributed by atoms with Crippen LogP contribution in [0.15, 0.2) is 12.1 Å². The van der Waals surface area contributed by atoms with E-state index in [2.05, 4.69) is 5.32 Å². The molecule has 6 nitrogen and oxygen atoms in total. The normalized spacial score (nSPS) is 18.9. The predicted octanol–water partition coefficient (Wildman–Crippen LogP) is 2.91. The van der Waals surface area contributed by atoms with E-state index in [-0.39, 0.29) is 17.6 Å². The largest absolute Gasteiger partial charge is 0.478 e. The lowest BCUT2D eigenvalue weighted by Crippen LogP contribution is -2.32. The Labute approximate surface area is 142 Å². The third-order valence-electron chi connectivity index (χ3n) is 4.23. The Morgan fingerprint density at radius 1 is 1.33 bits per heavy atom. The maximum Gasteiger partial charge on any atom is 0.336 e. The number of hydrogen-bond donors (Lipinski definition) is 2. The van der Waals surface area contributed by atoms with Crippen molar-refractivity contribution in [1.82, 2.24) is 0 Å². The number of nitrogens with one attached hydrogen (secondary N) is 1. The van der Waals surface area contributed by atoms with Crippen molar-refractivity contribution in [1.29, 1.82) is 0 Å². The highest BCUT2D eigenvalue weighted by Crippen LogP contribution is 2.21. The number of benzene rings is 1. The second kappa shape index (κ2) is 8.26. The molecule has 0 aromatic heterocycles. The number of carbonyl (C=O) groups is 2. The molecule has 1 amide bonds. The average molecular weight is 335 g/mol. The molecule has 132 valence electrons. The van der Waals surface area contributed by atoms with Crippen LogP contribution in [0.25, 0.3) is 0 Å². The van der Waals surface area contributed by atoms with E-state index in [1.54, 1.807) is 19.9 Å². The number of carbonyl (C=O) groups excluding carboxylic acids is 1. The summed E-state index contributed by atoms with van der Waals surface area (Å²) in [6, 6.07) is 3.24. The highest BCUT2D eigenvalue weighted by molar-refractivity contribution is 5.97. The molecule has 0 spiro atoms. The van der Waals surface area contributed by atoms with Gasteiger partial charge in [0.25, 0.3) is 5.91 Å². The van der Waals surface area contributed by atoms with Gasteiger partial charge in [0.1, 0.15) is 6.10 Å². The molecule has 1 heterocycles. The third kappa shape index (κ3) is 4.79. The Hall–Kier alpha value is -1.92. The molecule has 2 atom stereocenters. The van der Waals surface area contributed by atoms with Gasteiger partial charge in [-0.3, -0.25) is 4.79 Å². The lowest BCUT2D eigenvalue weighted by molar-refractivity contribution is -0.130. The monoisotopic (exact) mass is 335 g/mol. The molecule has 2 rings (SSSR count). The summed E-state index contributed by atoms with van der Waals surface area (Å²) in [5, 5.41) is 12.0. The van der Waals surface area contributed by atoms with Gasteiger partial charge < -0.3 is 19.9 Å². The number of amides is 1. The van der Waals surface area contributed by atoms with Crippen molar-refractivity contribution in [2.45, 2.75) is 52.2 Å². The van der Waals surface area contributed by atoms with E-state index in [0.29, 0.717) is 17.9 Å². The van der Waals surface area contributed by atoms with Gasteiger partial charge in [0, 0.05) is 12.3 Å². The molecule has 1 aromatic rings. The molecule has 0 aliphatic carbocycles. The first-order valence-electron chi connectivity index (χ1n) is 8.27. The fraction of sp³-hybridized carbons (Fsp3) is 0.556. The Bertz CT molecular complexity index is 608. The molecular weight excluding hydrogens is 310 g/mol. The van der Waals surface area contributed by atoms with Crippen LogP contribution >= 0.6 is 0 Å². The van der Waals surface area contributed by atoms with Crippen LogP contribution in [0, 0.1) is 13.8 Å². The van der Waals surface area contributed by atoms with Gasteiger partial charge in [-0.25, -0.2) is 4.79 Å². The zero-order valence-electron chi connectivity index (χ0n) is 14.4. The summed E-state index contributed by atoms with van der Waals surface area (Å²) >= 11 is 0. The summed E-state index contributed by atoms with van der Waals surface area (Å²) in [6.07, 6.45) is 2.56. The number of anilines is 1. The number of aryl methyl sites for hydroxylation is 2. The Balaban J connectivity index is 1.95. The molecule has 24 heavy (non-hydrogen) atoms. The summed E-state index contributed by atoms with van der Waals surface area (Å²) in [6.45, 7) is 6.38. The van der Waals surface area contributed by atoms with Crippen molar-refractivity contribution in [3.05, 3.63) is 28.8 Å². The van der Waals surface area contributed by atoms with Gasteiger partial charge >= 0.3 is 5.97 Å². The van der Waals surface area contributed by atoms with Crippen molar-refractivity contribution in [2.24, 2.45) is 0 Å². The highest BCUT2D eigenvalue weighted by Gasteiger charge is 2.20. The number of rotatable bonds is 6. The van der Waals surface area contributed by atoms with Gasteiger partial charge in [0.2, 0.25) is 0 Å². The maximum atomic E-state index is 12.3. The highest BCUT2D eigenvalue weighted by atomic mass is 16.5. The van der Waals surface area contributed by atoms with Crippen LogP contribution in [0.1, 0.15) is 47.7 Å². The lowest BCUT2D eigenvalue weighted by atomic mass is 10.0. The Morgan fingerprint density at radius 2 is 2.08 bits per heavy atom. The van der Waals surface area contributed by atoms with Gasteiger partial charge in [-0.05, 0) is 57.2 Å². The zero-order chi connectivity index (χ0) is 17.7. The minimum Gasteiger partial charge on any atom is -0.478 e. The van der Waals surface area contributed by atoms with Crippen molar-refractivity contribution >= 4 is 17.6 Å². The van der Waals surface area contributed by atoms with Crippen LogP contribution in [0.2, 0.25) is 0 Å². The van der Waals surface area contributed by atoms with Crippen LogP contribution in [-0.2, 0) is 14.3 Å². The van der Waals surface area contributed by atoms with Gasteiger partial charge in [0.15, 0.2) is 0 Å². The SMILES string of the molecule is Cc1cc(C)c(C(=O)O)cc1NC(=O)C(C)OCC1CCCCO1. The van der Waals surface area contributed by atoms with E-state index in [1.807, 2.05) is 6.92 Å². The number of carboxylic acids is 1. The summed E-state index contributed by atoms with van der Waals surface area (Å²) in [7, 11) is 0. The molecule has 0 bridgehead atoms. The summed E-state index contributed by atoms with van der Waals surface area (Å²) < 4.78 is 11.2. The number of carboxylic acid groups (broad SMARTS) is 1. The summed E-state index contributed by atoms with van der Waals surface area (Å²) in [4.78, 5) is 23.5. The van der Waals surface area contributed by atoms with Crippen molar-refractivity contribution < 1.29 is 24.2 Å². The lowest BCUT2D eigenvalue weighted by Gasteiger charge is -2.24. The standard InChI is InChI=1S/C18H25NO5/c1-11-8-12(2)16(9-15(11)18(21)22)19-17(20)13(3)24-10-14-6-4-5-7-23-14/h8-9,13-14H,4-7,10H2,1-3H3,(H,19,20)(H,21,22). The quantitative estimate of drug-likeness (QED) is 0.835. The smallest absolute Gasteiger partial charge is 0.336 e. The molecule has 1 aliphatic heterocycles. The third-order valence-corrected chi connectivity index (χ3v) is 4.23. The molecular formula is C18H25NO5. The Kier molecular flexibility index (Phi) is 6.34. The second-order valence-corrected chi connectivity index (χ2v) is 6.24. The first kappa shape index (κ1) is 18.4. The zero-order valence-corrected chi connectivity index (χ0v) is 14.4. The predicted molar refractivity (Wildman–Crippen MR) is 90.5 cm³/mol. The minimum atomic E-state index is -1.01.